The summed E-state index contributed by atoms with van der Waals surface area (Å²) >= 11 is 1.49. The lowest BCUT2D eigenvalue weighted by molar-refractivity contribution is -0.143. The minimum atomic E-state index is -0.847. The first-order chi connectivity index (χ1) is 15.0. The number of hydrogen-bond donors (Lipinski definition) is 0. The Morgan fingerprint density at radius 2 is 1.97 bits per heavy atom. The van der Waals surface area contributed by atoms with Crippen molar-refractivity contribution in [1.82, 2.24) is 14.8 Å². The van der Waals surface area contributed by atoms with E-state index in [0.29, 0.717) is 57.3 Å². The van der Waals surface area contributed by atoms with Gasteiger partial charge in [0.25, 0.3) is 5.91 Å². The Kier molecular flexibility index (Phi) is 5.24. The van der Waals surface area contributed by atoms with E-state index in [1.165, 1.54) is 23.5 Å². The quantitative estimate of drug-likeness (QED) is 0.722. The maximum atomic E-state index is 13.7. The number of nitriles is 1. The predicted octanol–water partition coefficient (Wildman–Crippen LogP) is 3.54. The molecule has 2 atom stereocenters. The van der Waals surface area contributed by atoms with Gasteiger partial charge in [-0.05, 0) is 43.4 Å². The van der Waals surface area contributed by atoms with Gasteiger partial charge in [0.1, 0.15) is 22.9 Å². The Bertz CT molecular complexity index is 1020. The summed E-state index contributed by atoms with van der Waals surface area (Å²) in [5, 5.41) is 11.6. The number of halogens is 2. The molecule has 0 bridgehead atoms. The van der Waals surface area contributed by atoms with E-state index >= 15 is 0 Å². The summed E-state index contributed by atoms with van der Waals surface area (Å²) in [5.74, 6) is -1.32. The molecule has 4 heterocycles. The van der Waals surface area contributed by atoms with Crippen LogP contribution in [0.4, 0.5) is 8.78 Å². The van der Waals surface area contributed by atoms with Gasteiger partial charge in [0, 0.05) is 31.1 Å². The second-order valence-electron chi connectivity index (χ2n) is 8.42. The lowest BCUT2D eigenvalue weighted by atomic mass is 9.89. The summed E-state index contributed by atoms with van der Waals surface area (Å²) in [6, 6.07) is 5.23. The van der Waals surface area contributed by atoms with Crippen molar-refractivity contribution in [3.05, 3.63) is 51.5 Å². The molecule has 1 aromatic heterocycles. The van der Waals surface area contributed by atoms with E-state index in [1.54, 1.807) is 4.90 Å². The Hall–Kier alpha value is -2.41. The molecule has 0 radical (unpaired) electrons. The summed E-state index contributed by atoms with van der Waals surface area (Å²) in [4.78, 5) is 21.9. The van der Waals surface area contributed by atoms with Gasteiger partial charge in [-0.25, -0.2) is 13.8 Å². The molecule has 162 valence electrons. The van der Waals surface area contributed by atoms with Gasteiger partial charge in [-0.1, -0.05) is 0 Å². The normalized spacial score (nSPS) is 25.2. The van der Waals surface area contributed by atoms with Crippen LogP contribution in [0.25, 0.3) is 0 Å². The molecule has 0 aliphatic carbocycles. The van der Waals surface area contributed by atoms with Gasteiger partial charge in [0.15, 0.2) is 5.60 Å². The zero-order chi connectivity index (χ0) is 21.6. The number of rotatable bonds is 4. The van der Waals surface area contributed by atoms with E-state index < -0.39 is 17.2 Å². The van der Waals surface area contributed by atoms with Crippen molar-refractivity contribution < 1.29 is 18.3 Å². The number of carbonyl (C=O) groups excluding carboxylic acids is 1. The highest BCUT2D eigenvalue weighted by molar-refractivity contribution is 7.09. The number of amides is 1. The molecule has 1 spiro atoms. The van der Waals surface area contributed by atoms with Crippen molar-refractivity contribution in [2.45, 2.75) is 56.5 Å². The molecule has 0 N–H and O–H groups in total. The fourth-order valence-corrected chi connectivity index (χ4v) is 5.73. The Morgan fingerprint density at radius 1 is 1.23 bits per heavy atom. The van der Waals surface area contributed by atoms with Crippen LogP contribution in [-0.4, -0.2) is 45.6 Å². The Labute approximate surface area is 183 Å². The van der Waals surface area contributed by atoms with Gasteiger partial charge in [0.2, 0.25) is 0 Å². The van der Waals surface area contributed by atoms with Crippen LogP contribution in [0, 0.1) is 23.0 Å². The van der Waals surface area contributed by atoms with Crippen LogP contribution in [0.15, 0.2) is 23.6 Å². The molecule has 0 saturated carbocycles. The van der Waals surface area contributed by atoms with Crippen LogP contribution in [0.3, 0.4) is 0 Å². The number of carbonyl (C=O) groups is 1. The maximum Gasteiger partial charge on any atom is 0.257 e. The molecule has 3 fully saturated rings. The largest absolute Gasteiger partial charge is 0.342 e. The number of piperidine rings is 1. The summed E-state index contributed by atoms with van der Waals surface area (Å²) < 4.78 is 33.8. The second-order valence-corrected chi connectivity index (χ2v) is 9.36. The SMILES string of the molecule is N#CCc1nc(CN2CCC3(CC2)O[C@@H]2CC[C@@H](c4cc(F)cc(F)c4)N2C3=O)cs1. The average molecular weight is 445 g/mol. The number of aromatic nitrogens is 1. The molecular formula is C22H22F2N4O2S. The highest BCUT2D eigenvalue weighted by Crippen LogP contribution is 2.47. The molecule has 31 heavy (non-hydrogen) atoms. The molecule has 3 saturated heterocycles. The minimum absolute atomic E-state index is 0.0608. The molecule has 0 unspecified atom stereocenters. The predicted molar refractivity (Wildman–Crippen MR) is 109 cm³/mol. The number of thiazole rings is 1. The number of benzene rings is 1. The van der Waals surface area contributed by atoms with Crippen molar-refractivity contribution in [1.29, 1.82) is 5.26 Å². The first kappa shape index (κ1) is 20.5. The summed E-state index contributed by atoms with van der Waals surface area (Å²) in [7, 11) is 0. The van der Waals surface area contributed by atoms with Crippen molar-refractivity contribution in [2.24, 2.45) is 0 Å². The van der Waals surface area contributed by atoms with Gasteiger partial charge in [0.05, 0.1) is 24.2 Å². The smallest absolute Gasteiger partial charge is 0.257 e. The number of nitrogens with zero attached hydrogens (tertiary/aromatic N) is 4. The molecule has 6 nitrogen and oxygen atoms in total. The monoisotopic (exact) mass is 444 g/mol. The van der Waals surface area contributed by atoms with E-state index in [2.05, 4.69) is 16.0 Å². The van der Waals surface area contributed by atoms with Gasteiger partial charge in [-0.15, -0.1) is 11.3 Å². The lowest BCUT2D eigenvalue weighted by Crippen LogP contribution is -2.50. The fourth-order valence-electron chi connectivity index (χ4n) is 5.01. The third-order valence-corrected chi connectivity index (χ3v) is 7.37. The standard InChI is InChI=1S/C22H22F2N4O2S/c23-15-9-14(10-16(24)11-15)18-1-2-20-28(18)21(29)22(30-20)4-7-27(8-5-22)12-17-13-31-19(26-17)3-6-25/h9-11,13,18,20H,1-5,7-8,12H2/t18-,20+/m0/s1. The van der Waals surface area contributed by atoms with E-state index in [-0.39, 0.29) is 18.2 Å². The lowest BCUT2D eigenvalue weighted by Gasteiger charge is -2.37. The molecule has 3 aliphatic heterocycles. The van der Waals surface area contributed by atoms with Crippen molar-refractivity contribution >= 4 is 17.2 Å². The second kappa shape index (κ2) is 7.93. The third-order valence-electron chi connectivity index (χ3n) is 6.47. The summed E-state index contributed by atoms with van der Waals surface area (Å²) in [6.07, 6.45) is 2.46. The molecule has 1 amide bonds. The zero-order valence-corrected chi connectivity index (χ0v) is 17.7. The van der Waals surface area contributed by atoms with Crippen LogP contribution >= 0.6 is 11.3 Å². The number of fused-ring (bicyclic) bond motifs is 1. The van der Waals surface area contributed by atoms with Crippen LogP contribution in [0.5, 0.6) is 0 Å². The molecule has 5 rings (SSSR count). The molecule has 2 aromatic rings. The molecular weight excluding hydrogens is 422 g/mol. The first-order valence-corrected chi connectivity index (χ1v) is 11.3. The number of hydrogen-bond acceptors (Lipinski definition) is 6. The van der Waals surface area contributed by atoms with Crippen LogP contribution < -0.4 is 0 Å². The first-order valence-electron chi connectivity index (χ1n) is 10.5. The number of ether oxygens (including phenoxy) is 1. The molecule has 9 heteroatoms. The van der Waals surface area contributed by atoms with Gasteiger partial charge < -0.3 is 9.64 Å². The minimum Gasteiger partial charge on any atom is -0.342 e. The summed E-state index contributed by atoms with van der Waals surface area (Å²) in [5.41, 5.74) is 0.585. The van der Waals surface area contributed by atoms with E-state index in [4.69, 9.17) is 10.00 Å². The highest BCUT2D eigenvalue weighted by atomic mass is 32.1. The highest BCUT2D eigenvalue weighted by Gasteiger charge is 2.57. The maximum absolute atomic E-state index is 13.7. The van der Waals surface area contributed by atoms with Crippen molar-refractivity contribution in [3.8, 4) is 6.07 Å². The zero-order valence-electron chi connectivity index (χ0n) is 16.9. The van der Waals surface area contributed by atoms with Crippen LogP contribution in [0.1, 0.15) is 48.0 Å². The molecule has 1 aromatic carbocycles. The van der Waals surface area contributed by atoms with Gasteiger partial charge in [-0.3, -0.25) is 9.69 Å². The van der Waals surface area contributed by atoms with Gasteiger partial charge in [-0.2, -0.15) is 5.26 Å². The van der Waals surface area contributed by atoms with Crippen LogP contribution in [0.2, 0.25) is 0 Å². The summed E-state index contributed by atoms with van der Waals surface area (Å²) in [6.45, 7) is 2.10. The van der Waals surface area contributed by atoms with Crippen molar-refractivity contribution in [2.75, 3.05) is 13.1 Å². The fraction of sp³-hybridized carbons (Fsp3) is 0.500. The van der Waals surface area contributed by atoms with Gasteiger partial charge >= 0.3 is 0 Å². The Morgan fingerprint density at radius 3 is 2.68 bits per heavy atom. The molecule has 3 aliphatic rings. The third kappa shape index (κ3) is 3.73. The van der Waals surface area contributed by atoms with E-state index in [1.807, 2.05) is 5.38 Å². The van der Waals surface area contributed by atoms with E-state index in [9.17, 15) is 13.6 Å². The van der Waals surface area contributed by atoms with E-state index in [0.717, 1.165) is 16.8 Å². The average Bonchev–Trinajstić information content (AvgIpc) is 3.41. The van der Waals surface area contributed by atoms with Crippen LogP contribution in [-0.2, 0) is 22.5 Å². The Balaban J connectivity index is 1.26. The number of likely N-dealkylation sites (tertiary alicyclic amines) is 1. The van der Waals surface area contributed by atoms with Crippen molar-refractivity contribution in [3.63, 3.8) is 0 Å². The topological polar surface area (TPSA) is 69.5 Å².